The molecular weight excluding hydrogens is 463 g/mol. The van der Waals surface area contributed by atoms with Gasteiger partial charge in [0.2, 0.25) is 0 Å². The van der Waals surface area contributed by atoms with Crippen LogP contribution in [0.4, 0.5) is 33.7 Å². The summed E-state index contributed by atoms with van der Waals surface area (Å²) in [4.78, 5) is 16.0. The molecule has 0 spiro atoms. The third-order valence-electron chi connectivity index (χ3n) is 4.86. The molecule has 0 aliphatic carbocycles. The van der Waals surface area contributed by atoms with Crippen LogP contribution < -0.4 is 10.0 Å². The van der Waals surface area contributed by atoms with Gasteiger partial charge in [0.25, 0.3) is 18.3 Å². The molecule has 3 rings (SSSR count). The number of nitrogens with zero attached hydrogens (tertiary/aromatic N) is 2. The number of aryl methyl sites for hydroxylation is 1. The molecule has 1 fully saturated rings. The van der Waals surface area contributed by atoms with Crippen molar-refractivity contribution in [3.8, 4) is 0 Å². The minimum Gasteiger partial charge on any atom is -0.431 e. The van der Waals surface area contributed by atoms with Crippen molar-refractivity contribution in [3.63, 3.8) is 0 Å². The van der Waals surface area contributed by atoms with Crippen molar-refractivity contribution in [1.29, 1.82) is 0 Å². The van der Waals surface area contributed by atoms with Crippen molar-refractivity contribution in [2.24, 2.45) is 0 Å². The van der Waals surface area contributed by atoms with Gasteiger partial charge in [-0.2, -0.15) is 30.9 Å². The Labute approximate surface area is 180 Å². The first-order chi connectivity index (χ1) is 14.9. The molecule has 1 unspecified atom stereocenters. The molecule has 1 saturated heterocycles. The number of benzene rings is 1. The van der Waals surface area contributed by atoms with Gasteiger partial charge in [-0.3, -0.25) is 4.79 Å². The lowest BCUT2D eigenvalue weighted by molar-refractivity contribution is -0.137. The van der Waals surface area contributed by atoms with E-state index in [0.29, 0.717) is 22.7 Å². The highest BCUT2D eigenvalue weighted by atomic mass is 32.2. The Morgan fingerprint density at radius 3 is 2.66 bits per heavy atom. The Balaban J connectivity index is 1.74. The molecule has 0 saturated carbocycles. The van der Waals surface area contributed by atoms with Crippen LogP contribution in [0.1, 0.15) is 40.9 Å². The van der Waals surface area contributed by atoms with Crippen molar-refractivity contribution in [1.82, 2.24) is 14.0 Å². The predicted octanol–water partition coefficient (Wildman–Crippen LogP) is 3.84. The zero-order chi connectivity index (χ0) is 23.7. The smallest absolute Gasteiger partial charge is 0.416 e. The minimum atomic E-state index is -4.58. The number of rotatable bonds is 6. The molecule has 2 aromatic rings. The van der Waals surface area contributed by atoms with Crippen molar-refractivity contribution >= 4 is 27.8 Å². The minimum absolute atomic E-state index is 0.00865. The van der Waals surface area contributed by atoms with Gasteiger partial charge in [-0.15, -0.1) is 0 Å². The number of halogens is 5. The fourth-order valence-electron chi connectivity index (χ4n) is 3.19. The first kappa shape index (κ1) is 23.9. The van der Waals surface area contributed by atoms with E-state index in [-0.39, 0.29) is 24.7 Å². The van der Waals surface area contributed by atoms with E-state index in [0.717, 1.165) is 18.4 Å². The lowest BCUT2D eigenvalue weighted by Gasteiger charge is -2.33. The molecule has 1 aliphatic rings. The molecule has 1 amide bonds. The lowest BCUT2D eigenvalue weighted by Crippen LogP contribution is -2.52. The number of carbonyl (C=O) groups is 1. The number of piperidine rings is 1. The zero-order valence-electron chi connectivity index (χ0n) is 16.6. The second-order valence-electron chi connectivity index (χ2n) is 7.13. The average Bonchev–Trinajstić information content (AvgIpc) is 3.17. The topological polar surface area (TPSA) is 105 Å². The fraction of sp³-hybridized carbons (Fsp3) is 0.444. The number of alkyl halides is 5. The van der Waals surface area contributed by atoms with E-state index in [9.17, 15) is 35.2 Å². The Kier molecular flexibility index (Phi) is 6.74. The van der Waals surface area contributed by atoms with E-state index >= 15 is 0 Å². The molecule has 176 valence electrons. The maximum atomic E-state index is 13.2. The summed E-state index contributed by atoms with van der Waals surface area (Å²) in [7, 11) is -4.58. The van der Waals surface area contributed by atoms with Gasteiger partial charge in [-0.1, -0.05) is 12.5 Å². The summed E-state index contributed by atoms with van der Waals surface area (Å²) in [5.41, 5.74) is -0.995. The molecule has 0 radical (unpaired) electrons. The molecule has 8 nitrogen and oxygen atoms in total. The molecule has 0 bridgehead atoms. The van der Waals surface area contributed by atoms with Gasteiger partial charge in [0.15, 0.2) is 5.69 Å². The van der Waals surface area contributed by atoms with E-state index in [2.05, 4.69) is 10.3 Å². The number of amides is 1. The summed E-state index contributed by atoms with van der Waals surface area (Å²) in [6.07, 6.45) is -5.95. The summed E-state index contributed by atoms with van der Waals surface area (Å²) < 4.78 is 97.2. The number of hydrogen-bond acceptors (Lipinski definition) is 6. The van der Waals surface area contributed by atoms with Crippen LogP contribution >= 0.6 is 0 Å². The van der Waals surface area contributed by atoms with Crippen LogP contribution in [0.25, 0.3) is 0 Å². The first-order valence-electron chi connectivity index (χ1n) is 9.41. The SMILES string of the molecule is Cc1ccc(C(F)(F)F)cc1Nc1nc(C(=O)NS(=O)(=O)N2CCCCC2C(F)F)co1. The predicted molar refractivity (Wildman–Crippen MR) is 103 cm³/mol. The van der Waals surface area contributed by atoms with Crippen LogP contribution in [-0.4, -0.2) is 42.6 Å². The zero-order valence-corrected chi connectivity index (χ0v) is 17.4. The normalized spacial score (nSPS) is 18.0. The highest BCUT2D eigenvalue weighted by Gasteiger charge is 2.39. The maximum absolute atomic E-state index is 13.2. The van der Waals surface area contributed by atoms with Gasteiger partial charge in [0, 0.05) is 12.2 Å². The summed E-state index contributed by atoms with van der Waals surface area (Å²) in [6.45, 7) is 1.36. The number of anilines is 2. The Morgan fingerprint density at radius 2 is 2.00 bits per heavy atom. The number of hydrogen-bond donors (Lipinski definition) is 2. The molecule has 1 aromatic carbocycles. The average molecular weight is 482 g/mol. The molecule has 1 aliphatic heterocycles. The molecular formula is C18H19F5N4O4S. The summed E-state index contributed by atoms with van der Waals surface area (Å²) in [6, 6.07) is 1.04. The van der Waals surface area contributed by atoms with Gasteiger partial charge < -0.3 is 9.73 Å². The standard InChI is InChI=1S/C18H19F5N4O4S/c1-10-5-6-11(18(21,22)23)8-12(10)24-17-25-13(9-31-17)16(28)26-32(29,30)27-7-3-2-4-14(27)15(19)20/h5-6,8-9,14-15H,2-4,7H2,1H3,(H,24,25)(H,26,28). The second-order valence-corrected chi connectivity index (χ2v) is 8.76. The summed E-state index contributed by atoms with van der Waals surface area (Å²) in [5.74, 6) is -1.24. The van der Waals surface area contributed by atoms with E-state index in [1.54, 1.807) is 4.72 Å². The van der Waals surface area contributed by atoms with Crippen LogP contribution in [0, 0.1) is 6.92 Å². The third-order valence-corrected chi connectivity index (χ3v) is 6.38. The van der Waals surface area contributed by atoms with Crippen LogP contribution in [0.3, 0.4) is 0 Å². The van der Waals surface area contributed by atoms with Crippen molar-refractivity contribution in [2.45, 2.75) is 44.8 Å². The van der Waals surface area contributed by atoms with Crippen LogP contribution in [0.5, 0.6) is 0 Å². The highest BCUT2D eigenvalue weighted by Crippen LogP contribution is 2.33. The summed E-state index contributed by atoms with van der Waals surface area (Å²) in [5, 5.41) is 2.49. The van der Waals surface area contributed by atoms with Crippen molar-refractivity contribution < 1.29 is 39.6 Å². The van der Waals surface area contributed by atoms with Crippen LogP contribution in [0.2, 0.25) is 0 Å². The molecule has 2 heterocycles. The quantitative estimate of drug-likeness (QED) is 0.607. The van der Waals surface area contributed by atoms with E-state index < -0.39 is 46.0 Å². The Hall–Kier alpha value is -2.74. The van der Waals surface area contributed by atoms with Crippen LogP contribution in [-0.2, 0) is 16.4 Å². The fourth-order valence-corrected chi connectivity index (χ4v) is 4.57. The number of nitrogens with one attached hydrogen (secondary N) is 2. The second kappa shape index (κ2) is 9.02. The monoisotopic (exact) mass is 482 g/mol. The largest absolute Gasteiger partial charge is 0.431 e. The number of carbonyl (C=O) groups excluding carboxylic acids is 1. The third kappa shape index (κ3) is 5.35. The van der Waals surface area contributed by atoms with Crippen LogP contribution in [0.15, 0.2) is 28.9 Å². The summed E-state index contributed by atoms with van der Waals surface area (Å²) >= 11 is 0. The molecule has 32 heavy (non-hydrogen) atoms. The lowest BCUT2D eigenvalue weighted by atomic mass is 10.1. The van der Waals surface area contributed by atoms with Crippen molar-refractivity contribution in [3.05, 3.63) is 41.3 Å². The van der Waals surface area contributed by atoms with E-state index in [4.69, 9.17) is 4.42 Å². The first-order valence-corrected chi connectivity index (χ1v) is 10.8. The highest BCUT2D eigenvalue weighted by molar-refractivity contribution is 7.87. The van der Waals surface area contributed by atoms with Gasteiger partial charge in [0.05, 0.1) is 11.6 Å². The molecule has 1 aromatic heterocycles. The van der Waals surface area contributed by atoms with Crippen molar-refractivity contribution in [2.75, 3.05) is 11.9 Å². The number of oxazole rings is 1. The molecule has 2 N–H and O–H groups in total. The molecule has 1 atom stereocenters. The van der Waals surface area contributed by atoms with Gasteiger partial charge in [-0.05, 0) is 37.5 Å². The van der Waals surface area contributed by atoms with Gasteiger partial charge in [-0.25, -0.2) is 13.5 Å². The number of aromatic nitrogens is 1. The molecule has 14 heteroatoms. The van der Waals surface area contributed by atoms with Gasteiger partial charge in [0.1, 0.15) is 6.26 Å². The van der Waals surface area contributed by atoms with Gasteiger partial charge >= 0.3 is 16.4 Å². The Bertz CT molecular complexity index is 1090. The Morgan fingerprint density at radius 1 is 1.28 bits per heavy atom. The maximum Gasteiger partial charge on any atom is 0.416 e. The van der Waals surface area contributed by atoms with E-state index in [1.165, 1.54) is 13.0 Å². The van der Waals surface area contributed by atoms with E-state index in [1.807, 2.05) is 0 Å².